The largest absolute Gasteiger partial charge is 0.351 e. The Morgan fingerprint density at radius 1 is 1.09 bits per heavy atom. The van der Waals surface area contributed by atoms with Gasteiger partial charge in [0, 0.05) is 44.8 Å². The highest BCUT2D eigenvalue weighted by molar-refractivity contribution is 7.91. The molecule has 33 heavy (non-hydrogen) atoms. The van der Waals surface area contributed by atoms with E-state index in [1.54, 1.807) is 30.4 Å². The van der Waals surface area contributed by atoms with Crippen LogP contribution in [0.4, 0.5) is 5.13 Å². The maximum absolute atomic E-state index is 12.5. The number of fused-ring (bicyclic) bond motifs is 1. The molecule has 1 aliphatic heterocycles. The van der Waals surface area contributed by atoms with Gasteiger partial charge in [-0.25, -0.2) is 13.4 Å². The Labute approximate surface area is 199 Å². The number of rotatable bonds is 7. The number of nitrogens with one attached hydrogen (secondary N) is 1. The maximum Gasteiger partial charge on any atom is 0.251 e. The van der Waals surface area contributed by atoms with Crippen molar-refractivity contribution in [3.63, 3.8) is 0 Å². The summed E-state index contributed by atoms with van der Waals surface area (Å²) in [5, 5.41) is 4.00. The zero-order valence-electron chi connectivity index (χ0n) is 19.3. The van der Waals surface area contributed by atoms with E-state index in [-0.39, 0.29) is 16.6 Å². The van der Waals surface area contributed by atoms with Gasteiger partial charge >= 0.3 is 0 Å². The molecule has 1 N–H and O–H groups in total. The summed E-state index contributed by atoms with van der Waals surface area (Å²) in [5.74, 6) is -0.234. The van der Waals surface area contributed by atoms with Crippen molar-refractivity contribution >= 4 is 42.4 Å². The maximum atomic E-state index is 12.5. The first-order valence-corrected chi connectivity index (χ1v) is 13.7. The fourth-order valence-corrected chi connectivity index (χ4v) is 6.06. The van der Waals surface area contributed by atoms with Gasteiger partial charge in [0.2, 0.25) is 0 Å². The lowest BCUT2D eigenvalue weighted by Gasteiger charge is -2.34. The molecule has 176 valence electrons. The SMILES string of the molecule is CCS(=O)(=O)c1cccc(C(=O)NCCN2CCN(c3nc4c(C)ccc(C)c4s3)CC2)c1. The molecule has 0 aliphatic carbocycles. The van der Waals surface area contributed by atoms with E-state index < -0.39 is 9.84 Å². The number of amides is 1. The second kappa shape index (κ2) is 9.79. The van der Waals surface area contributed by atoms with Crippen molar-refractivity contribution in [3.05, 3.63) is 53.1 Å². The number of hydrogen-bond donors (Lipinski definition) is 1. The minimum absolute atomic E-state index is 0.0142. The molecule has 9 heteroatoms. The number of thiazole rings is 1. The fraction of sp³-hybridized carbons (Fsp3) is 0.417. The van der Waals surface area contributed by atoms with E-state index in [1.165, 1.54) is 28.0 Å². The van der Waals surface area contributed by atoms with E-state index in [4.69, 9.17) is 4.98 Å². The fourth-order valence-electron chi connectivity index (χ4n) is 3.97. The quantitative estimate of drug-likeness (QED) is 0.552. The number of carbonyl (C=O) groups excluding carboxylic acids is 1. The number of nitrogens with zero attached hydrogens (tertiary/aromatic N) is 3. The van der Waals surface area contributed by atoms with Gasteiger partial charge in [-0.2, -0.15) is 0 Å². The minimum atomic E-state index is -3.33. The molecule has 0 bridgehead atoms. The summed E-state index contributed by atoms with van der Waals surface area (Å²) in [6.07, 6.45) is 0. The Kier molecular flexibility index (Phi) is 7.02. The monoisotopic (exact) mass is 486 g/mol. The molecule has 1 aromatic heterocycles. The summed E-state index contributed by atoms with van der Waals surface area (Å²) in [6, 6.07) is 10.5. The van der Waals surface area contributed by atoms with Gasteiger partial charge < -0.3 is 10.2 Å². The van der Waals surface area contributed by atoms with Gasteiger partial charge in [-0.15, -0.1) is 0 Å². The van der Waals surface area contributed by atoms with Crippen molar-refractivity contribution in [1.29, 1.82) is 0 Å². The predicted molar refractivity (Wildman–Crippen MR) is 134 cm³/mol. The van der Waals surface area contributed by atoms with Gasteiger partial charge in [-0.3, -0.25) is 9.69 Å². The van der Waals surface area contributed by atoms with Crippen LogP contribution in [0.2, 0.25) is 0 Å². The molecule has 0 radical (unpaired) electrons. The van der Waals surface area contributed by atoms with Gasteiger partial charge in [-0.1, -0.05) is 36.5 Å². The van der Waals surface area contributed by atoms with Crippen molar-refractivity contribution in [2.45, 2.75) is 25.7 Å². The van der Waals surface area contributed by atoms with Gasteiger partial charge in [0.1, 0.15) is 0 Å². The smallest absolute Gasteiger partial charge is 0.251 e. The van der Waals surface area contributed by atoms with Crippen LogP contribution in [0.3, 0.4) is 0 Å². The number of anilines is 1. The first kappa shape index (κ1) is 23.7. The van der Waals surface area contributed by atoms with Gasteiger partial charge in [-0.05, 0) is 43.2 Å². The summed E-state index contributed by atoms with van der Waals surface area (Å²) < 4.78 is 25.4. The Bertz CT molecular complexity index is 1220. The molecule has 1 aliphatic rings. The van der Waals surface area contributed by atoms with Gasteiger partial charge in [0.05, 0.1) is 20.9 Å². The van der Waals surface area contributed by atoms with Crippen LogP contribution in [-0.4, -0.2) is 69.2 Å². The highest BCUT2D eigenvalue weighted by atomic mass is 32.2. The molecule has 2 heterocycles. The lowest BCUT2D eigenvalue weighted by atomic mass is 10.1. The van der Waals surface area contributed by atoms with Crippen molar-refractivity contribution in [3.8, 4) is 0 Å². The Hall–Kier alpha value is -2.49. The molecule has 0 unspecified atom stereocenters. The summed E-state index contributed by atoms with van der Waals surface area (Å²) in [7, 11) is -3.33. The van der Waals surface area contributed by atoms with Crippen LogP contribution in [0.5, 0.6) is 0 Å². The third kappa shape index (κ3) is 5.20. The van der Waals surface area contributed by atoms with Crippen LogP contribution in [0.15, 0.2) is 41.3 Å². The third-order valence-corrected chi connectivity index (χ3v) is 9.11. The number of aromatic nitrogens is 1. The number of sulfone groups is 1. The van der Waals surface area contributed by atoms with Gasteiger partial charge in [0.25, 0.3) is 5.91 Å². The van der Waals surface area contributed by atoms with Crippen molar-refractivity contribution in [2.75, 3.05) is 49.9 Å². The molecule has 1 amide bonds. The lowest BCUT2D eigenvalue weighted by molar-refractivity contribution is 0.0947. The molecule has 0 atom stereocenters. The average Bonchev–Trinajstić information content (AvgIpc) is 3.29. The second-order valence-corrected chi connectivity index (χ2v) is 11.6. The molecule has 3 aromatic rings. The van der Waals surface area contributed by atoms with Crippen molar-refractivity contribution in [2.24, 2.45) is 0 Å². The van der Waals surface area contributed by atoms with E-state index in [0.29, 0.717) is 12.1 Å². The van der Waals surface area contributed by atoms with Crippen molar-refractivity contribution in [1.82, 2.24) is 15.2 Å². The molecular weight excluding hydrogens is 456 g/mol. The van der Waals surface area contributed by atoms with Crippen LogP contribution >= 0.6 is 11.3 Å². The molecule has 0 spiro atoms. The number of aryl methyl sites for hydroxylation is 2. The van der Waals surface area contributed by atoms with E-state index in [2.05, 4.69) is 41.1 Å². The average molecular weight is 487 g/mol. The van der Waals surface area contributed by atoms with E-state index >= 15 is 0 Å². The Balaban J connectivity index is 1.28. The van der Waals surface area contributed by atoms with Crippen LogP contribution in [-0.2, 0) is 9.84 Å². The Morgan fingerprint density at radius 2 is 1.82 bits per heavy atom. The summed E-state index contributed by atoms with van der Waals surface area (Å²) in [4.78, 5) is 22.3. The molecular formula is C24H30N4O3S2. The van der Waals surface area contributed by atoms with Crippen LogP contribution in [0, 0.1) is 13.8 Å². The minimum Gasteiger partial charge on any atom is -0.351 e. The third-order valence-electron chi connectivity index (χ3n) is 6.12. The van der Waals surface area contributed by atoms with Crippen LogP contribution in [0.1, 0.15) is 28.4 Å². The second-order valence-electron chi connectivity index (χ2n) is 8.39. The first-order chi connectivity index (χ1) is 15.8. The Morgan fingerprint density at radius 3 is 2.52 bits per heavy atom. The molecule has 7 nitrogen and oxygen atoms in total. The zero-order valence-corrected chi connectivity index (χ0v) is 20.9. The topological polar surface area (TPSA) is 82.6 Å². The van der Waals surface area contributed by atoms with E-state index in [1.807, 2.05) is 0 Å². The van der Waals surface area contributed by atoms with E-state index in [9.17, 15) is 13.2 Å². The summed E-state index contributed by atoms with van der Waals surface area (Å²) in [6.45, 7) is 10.7. The van der Waals surface area contributed by atoms with Crippen molar-refractivity contribution < 1.29 is 13.2 Å². The standard InChI is InChI=1S/C24H30N4O3S2/c1-4-33(30,31)20-7-5-6-19(16-20)23(29)25-10-11-27-12-14-28(15-13-27)24-26-21-17(2)8-9-18(3)22(21)32-24/h5-9,16H,4,10-15H2,1-3H3,(H,25,29). The molecule has 0 saturated carbocycles. The predicted octanol–water partition coefficient (Wildman–Crippen LogP) is 3.26. The highest BCUT2D eigenvalue weighted by Gasteiger charge is 2.21. The molecule has 1 fully saturated rings. The molecule has 2 aromatic carbocycles. The number of benzene rings is 2. The van der Waals surface area contributed by atoms with Gasteiger partial charge in [0.15, 0.2) is 15.0 Å². The van der Waals surface area contributed by atoms with E-state index in [0.717, 1.165) is 43.4 Å². The molecule has 4 rings (SSSR count). The van der Waals surface area contributed by atoms with Crippen LogP contribution in [0.25, 0.3) is 10.2 Å². The number of piperazine rings is 1. The van der Waals surface area contributed by atoms with Crippen LogP contribution < -0.4 is 10.2 Å². The lowest BCUT2D eigenvalue weighted by Crippen LogP contribution is -2.48. The zero-order chi connectivity index (χ0) is 23.6. The molecule has 1 saturated heterocycles. The highest BCUT2D eigenvalue weighted by Crippen LogP contribution is 2.33. The first-order valence-electron chi connectivity index (χ1n) is 11.2. The summed E-state index contributed by atoms with van der Waals surface area (Å²) in [5.41, 5.74) is 3.96. The normalized spacial score (nSPS) is 15.2. The summed E-state index contributed by atoms with van der Waals surface area (Å²) >= 11 is 1.77. The number of hydrogen-bond acceptors (Lipinski definition) is 7. The number of carbonyl (C=O) groups is 1.